The normalized spacial score (nSPS) is 23.7. The number of benzene rings is 2. The van der Waals surface area contributed by atoms with E-state index in [0.717, 1.165) is 37.2 Å². The van der Waals surface area contributed by atoms with Crippen LogP contribution in [0.2, 0.25) is 0 Å². The Morgan fingerprint density at radius 3 is 2.83 bits per heavy atom. The van der Waals surface area contributed by atoms with Crippen molar-refractivity contribution in [1.29, 1.82) is 0 Å². The third-order valence-electron chi connectivity index (χ3n) is 5.20. The molecule has 0 fully saturated rings. The van der Waals surface area contributed by atoms with E-state index in [4.69, 9.17) is 4.74 Å². The molecule has 2 aliphatic heterocycles. The molecule has 0 saturated carbocycles. The largest absolute Gasteiger partial charge is 0.491 e. The molecule has 3 nitrogen and oxygen atoms in total. The maximum Gasteiger partial charge on any atom is 0.125 e. The fourth-order valence-corrected chi connectivity index (χ4v) is 3.76. The van der Waals surface area contributed by atoms with Gasteiger partial charge in [0.05, 0.1) is 6.04 Å². The van der Waals surface area contributed by atoms with Crippen LogP contribution in [0.3, 0.4) is 0 Å². The van der Waals surface area contributed by atoms with E-state index in [0.29, 0.717) is 6.61 Å². The number of fused-ring (bicyclic) bond motifs is 2. The number of hydrogen-bond donors (Lipinski definition) is 1. The number of hydrogen-bond acceptors (Lipinski definition) is 3. The van der Waals surface area contributed by atoms with Crippen molar-refractivity contribution in [2.75, 3.05) is 13.2 Å². The van der Waals surface area contributed by atoms with Crippen LogP contribution in [0.5, 0.6) is 5.75 Å². The minimum atomic E-state index is -0.476. The zero-order chi connectivity index (χ0) is 15.8. The summed E-state index contributed by atoms with van der Waals surface area (Å²) in [4.78, 5) is 2.37. The predicted molar refractivity (Wildman–Crippen MR) is 90.6 cm³/mol. The molecule has 2 unspecified atom stereocenters. The number of rotatable bonds is 2. The van der Waals surface area contributed by atoms with Crippen LogP contribution < -0.4 is 4.74 Å². The first-order valence-electron chi connectivity index (χ1n) is 8.51. The molecule has 0 bridgehead atoms. The summed E-state index contributed by atoms with van der Waals surface area (Å²) in [5.74, 6) is 0.836. The Bertz CT molecular complexity index is 713. The van der Waals surface area contributed by atoms with E-state index in [2.05, 4.69) is 48.2 Å². The molecular weight excluding hydrogens is 286 g/mol. The molecule has 23 heavy (non-hydrogen) atoms. The minimum absolute atomic E-state index is 0.0305. The molecule has 0 amide bonds. The van der Waals surface area contributed by atoms with Crippen molar-refractivity contribution < 1.29 is 9.84 Å². The van der Waals surface area contributed by atoms with Crippen LogP contribution in [0.1, 0.15) is 35.3 Å². The summed E-state index contributed by atoms with van der Waals surface area (Å²) < 4.78 is 5.95. The molecule has 0 aromatic heterocycles. The molecule has 2 aliphatic rings. The number of aliphatic hydroxyl groups excluding tert-OH is 1. The van der Waals surface area contributed by atoms with Gasteiger partial charge in [0.2, 0.25) is 0 Å². The third-order valence-corrected chi connectivity index (χ3v) is 5.20. The van der Waals surface area contributed by atoms with Crippen molar-refractivity contribution in [3.63, 3.8) is 0 Å². The Morgan fingerprint density at radius 2 is 2.00 bits per heavy atom. The Hall–Kier alpha value is -1.84. The van der Waals surface area contributed by atoms with Gasteiger partial charge in [0.15, 0.2) is 0 Å². The highest BCUT2D eigenvalue weighted by atomic mass is 16.5. The van der Waals surface area contributed by atoms with Gasteiger partial charge in [0, 0.05) is 18.7 Å². The van der Waals surface area contributed by atoms with E-state index in [9.17, 15) is 5.11 Å². The molecule has 2 aromatic rings. The second-order valence-corrected chi connectivity index (χ2v) is 6.54. The van der Waals surface area contributed by atoms with Crippen LogP contribution in [-0.4, -0.2) is 29.2 Å². The van der Waals surface area contributed by atoms with E-state index < -0.39 is 6.10 Å². The molecule has 120 valence electrons. The summed E-state index contributed by atoms with van der Waals surface area (Å²) in [5, 5.41) is 10.9. The molecule has 0 saturated heterocycles. The lowest BCUT2D eigenvalue weighted by molar-refractivity contribution is -0.00290. The Balaban J connectivity index is 1.59. The average Bonchev–Trinajstić information content (AvgIpc) is 2.61. The smallest absolute Gasteiger partial charge is 0.125 e. The van der Waals surface area contributed by atoms with E-state index in [1.807, 2.05) is 6.07 Å². The average molecular weight is 309 g/mol. The first-order chi connectivity index (χ1) is 11.3. The summed E-state index contributed by atoms with van der Waals surface area (Å²) >= 11 is 0. The fourth-order valence-electron chi connectivity index (χ4n) is 3.76. The minimum Gasteiger partial charge on any atom is -0.491 e. The number of nitrogens with zero attached hydrogens (tertiary/aromatic N) is 1. The quantitative estimate of drug-likeness (QED) is 0.925. The molecule has 1 N–H and O–H groups in total. The number of ether oxygens (including phenoxy) is 1. The predicted octanol–water partition coefficient (Wildman–Crippen LogP) is 3.10. The molecular formula is C20H23NO2. The van der Waals surface area contributed by atoms with Gasteiger partial charge in [-0.3, -0.25) is 4.90 Å². The van der Waals surface area contributed by atoms with Crippen molar-refractivity contribution in [1.82, 2.24) is 4.90 Å². The van der Waals surface area contributed by atoms with E-state index >= 15 is 0 Å². The highest BCUT2D eigenvalue weighted by Crippen LogP contribution is 2.36. The maximum atomic E-state index is 10.9. The summed E-state index contributed by atoms with van der Waals surface area (Å²) in [5.41, 5.74) is 5.00. The summed E-state index contributed by atoms with van der Waals surface area (Å²) in [6.07, 6.45) is 1.54. The number of aliphatic hydroxyl groups is 1. The summed E-state index contributed by atoms with van der Waals surface area (Å²) in [6.45, 7) is 4.56. The van der Waals surface area contributed by atoms with E-state index in [1.165, 1.54) is 16.7 Å². The lowest BCUT2D eigenvalue weighted by Gasteiger charge is -2.40. The van der Waals surface area contributed by atoms with Gasteiger partial charge in [0.25, 0.3) is 0 Å². The molecule has 3 heteroatoms. The molecule has 0 aliphatic carbocycles. The van der Waals surface area contributed by atoms with Gasteiger partial charge in [-0.15, -0.1) is 0 Å². The lowest BCUT2D eigenvalue weighted by Crippen LogP contribution is -2.47. The maximum absolute atomic E-state index is 10.9. The summed E-state index contributed by atoms with van der Waals surface area (Å²) in [7, 11) is 0. The van der Waals surface area contributed by atoms with Gasteiger partial charge in [-0.05, 0) is 41.7 Å². The SMILES string of the molecule is CCc1ccc2c(c1)C(O)C(N1CCc3ccccc3C1)CO2. The monoisotopic (exact) mass is 309 g/mol. The van der Waals surface area contributed by atoms with Gasteiger partial charge in [-0.1, -0.05) is 37.3 Å². The van der Waals surface area contributed by atoms with Crippen LogP contribution in [-0.2, 0) is 19.4 Å². The van der Waals surface area contributed by atoms with Gasteiger partial charge < -0.3 is 9.84 Å². The molecule has 2 aromatic carbocycles. The Labute approximate surface area is 137 Å². The van der Waals surface area contributed by atoms with Crippen LogP contribution >= 0.6 is 0 Å². The molecule has 2 heterocycles. The van der Waals surface area contributed by atoms with Crippen LogP contribution in [0.25, 0.3) is 0 Å². The summed E-state index contributed by atoms with van der Waals surface area (Å²) in [6, 6.07) is 14.8. The first kappa shape index (κ1) is 14.7. The standard InChI is InChI=1S/C20H23NO2/c1-2-14-7-8-19-17(11-14)20(22)18(13-23-19)21-10-9-15-5-3-4-6-16(15)12-21/h3-8,11,18,20,22H,2,9-10,12-13H2,1H3. The molecule has 4 rings (SSSR count). The first-order valence-corrected chi connectivity index (χ1v) is 8.51. The van der Waals surface area contributed by atoms with E-state index in [-0.39, 0.29) is 6.04 Å². The van der Waals surface area contributed by atoms with Crippen LogP contribution in [0, 0.1) is 0 Å². The van der Waals surface area contributed by atoms with Crippen molar-refractivity contribution >= 4 is 0 Å². The third kappa shape index (κ3) is 2.64. The van der Waals surface area contributed by atoms with Crippen molar-refractivity contribution in [2.45, 2.75) is 38.5 Å². The lowest BCUT2D eigenvalue weighted by atomic mass is 9.92. The zero-order valence-electron chi connectivity index (χ0n) is 13.5. The van der Waals surface area contributed by atoms with E-state index in [1.54, 1.807) is 0 Å². The second-order valence-electron chi connectivity index (χ2n) is 6.54. The molecule has 0 spiro atoms. The molecule has 0 radical (unpaired) electrons. The zero-order valence-corrected chi connectivity index (χ0v) is 13.5. The van der Waals surface area contributed by atoms with Gasteiger partial charge >= 0.3 is 0 Å². The Morgan fingerprint density at radius 1 is 1.17 bits per heavy atom. The van der Waals surface area contributed by atoms with Crippen LogP contribution in [0.4, 0.5) is 0 Å². The van der Waals surface area contributed by atoms with Crippen LogP contribution in [0.15, 0.2) is 42.5 Å². The van der Waals surface area contributed by atoms with Gasteiger partial charge in [-0.25, -0.2) is 0 Å². The van der Waals surface area contributed by atoms with Crippen molar-refractivity contribution in [2.24, 2.45) is 0 Å². The van der Waals surface area contributed by atoms with Crippen molar-refractivity contribution in [3.8, 4) is 5.75 Å². The highest BCUT2D eigenvalue weighted by molar-refractivity contribution is 5.41. The Kier molecular flexibility index (Phi) is 3.83. The van der Waals surface area contributed by atoms with Gasteiger partial charge in [0.1, 0.15) is 18.5 Å². The topological polar surface area (TPSA) is 32.7 Å². The second kappa shape index (κ2) is 5.99. The van der Waals surface area contributed by atoms with Crippen molar-refractivity contribution in [3.05, 3.63) is 64.7 Å². The highest BCUT2D eigenvalue weighted by Gasteiger charge is 2.35. The van der Waals surface area contributed by atoms with Gasteiger partial charge in [-0.2, -0.15) is 0 Å². The molecule has 2 atom stereocenters. The fraction of sp³-hybridized carbons (Fsp3) is 0.400. The number of aryl methyl sites for hydroxylation is 1.